The molecule has 0 bridgehead atoms. The van der Waals surface area contributed by atoms with Crippen LogP contribution >= 0.6 is 11.8 Å². The first-order valence-corrected chi connectivity index (χ1v) is 8.73. The van der Waals surface area contributed by atoms with Gasteiger partial charge in [-0.2, -0.15) is 0 Å². The van der Waals surface area contributed by atoms with E-state index in [4.69, 9.17) is 5.84 Å². The van der Waals surface area contributed by atoms with E-state index in [2.05, 4.69) is 15.5 Å². The lowest BCUT2D eigenvalue weighted by Crippen LogP contribution is -2.24. The molecule has 0 aliphatic heterocycles. The fraction of sp³-hybridized carbons (Fsp3) is 0.118. The van der Waals surface area contributed by atoms with Crippen molar-refractivity contribution in [1.82, 2.24) is 14.9 Å². The Morgan fingerprint density at radius 2 is 1.75 bits per heavy atom. The fourth-order valence-electron chi connectivity index (χ4n) is 2.22. The average molecular weight is 411 g/mol. The maximum absolute atomic E-state index is 13.7. The van der Waals surface area contributed by atoms with Crippen molar-refractivity contribution in [3.8, 4) is 11.4 Å². The molecule has 0 radical (unpaired) electrons. The van der Waals surface area contributed by atoms with Crippen molar-refractivity contribution >= 4 is 23.4 Å². The van der Waals surface area contributed by atoms with Crippen LogP contribution in [0.15, 0.2) is 41.6 Å². The Kier molecular flexibility index (Phi) is 5.54. The lowest BCUT2D eigenvalue weighted by atomic mass is 10.2. The Morgan fingerprint density at radius 1 is 1.07 bits per heavy atom. The summed E-state index contributed by atoms with van der Waals surface area (Å²) >= 11 is 0.917. The molecule has 2 aromatic carbocycles. The van der Waals surface area contributed by atoms with Crippen molar-refractivity contribution in [3.63, 3.8) is 0 Å². The topological polar surface area (TPSA) is 85.8 Å². The van der Waals surface area contributed by atoms with Gasteiger partial charge in [0.25, 0.3) is 0 Å². The molecule has 1 heterocycles. The van der Waals surface area contributed by atoms with Crippen LogP contribution < -0.4 is 11.2 Å². The third-order valence-corrected chi connectivity index (χ3v) is 4.77. The smallest absolute Gasteiger partial charge is 0.237 e. The highest BCUT2D eigenvalue weighted by Crippen LogP contribution is 2.26. The van der Waals surface area contributed by atoms with Gasteiger partial charge >= 0.3 is 0 Å². The van der Waals surface area contributed by atoms with E-state index in [1.54, 1.807) is 0 Å². The Balaban J connectivity index is 1.73. The zero-order chi connectivity index (χ0) is 20.4. The molecule has 3 rings (SSSR count). The van der Waals surface area contributed by atoms with E-state index in [0.29, 0.717) is 11.6 Å². The minimum atomic E-state index is -1.68. The summed E-state index contributed by atoms with van der Waals surface area (Å²) in [5, 5.41) is 9.33. The third-order valence-electron chi connectivity index (χ3n) is 3.71. The second kappa shape index (κ2) is 7.89. The van der Waals surface area contributed by atoms with Crippen LogP contribution in [0.3, 0.4) is 0 Å². The van der Waals surface area contributed by atoms with Gasteiger partial charge in [-0.05, 0) is 43.3 Å². The second-order valence-electron chi connectivity index (χ2n) is 5.66. The highest BCUT2D eigenvalue weighted by Gasteiger charge is 2.22. The quantitative estimate of drug-likeness (QED) is 0.291. The van der Waals surface area contributed by atoms with Crippen LogP contribution in [0.5, 0.6) is 0 Å². The van der Waals surface area contributed by atoms with Gasteiger partial charge in [-0.15, -0.1) is 10.2 Å². The number of thioether (sulfide) groups is 1. The molecular formula is C17H13F4N5OS. The van der Waals surface area contributed by atoms with Crippen molar-refractivity contribution in [2.24, 2.45) is 0 Å². The predicted molar refractivity (Wildman–Crippen MR) is 95.8 cm³/mol. The largest absolute Gasteiger partial charge is 0.335 e. The molecule has 6 nitrogen and oxygen atoms in total. The number of nitrogens with two attached hydrogens (primary N) is 1. The Labute approximate surface area is 160 Å². The predicted octanol–water partition coefficient (Wildman–Crippen LogP) is 3.33. The molecule has 1 aromatic heterocycles. The zero-order valence-electron chi connectivity index (χ0n) is 14.3. The number of nitrogens with one attached hydrogen (secondary N) is 1. The maximum atomic E-state index is 13.7. The summed E-state index contributed by atoms with van der Waals surface area (Å²) in [4.78, 5) is 12.2. The molecule has 0 aliphatic carbocycles. The number of hydrogen-bond acceptors (Lipinski definition) is 5. The summed E-state index contributed by atoms with van der Waals surface area (Å²) in [6, 6.07) is 7.04. The number of nitrogen functional groups attached to an aromatic ring is 1. The molecular weight excluding hydrogens is 398 g/mol. The standard InChI is InChI=1S/C17H13F4N5OS/c1-8(16(27)23-12-7-6-11(19)13(20)14(12)21)28-17-25-24-15(26(17)22)9-2-4-10(18)5-3-9/h2-8H,22H2,1H3,(H,23,27)/t8-/m0/s1. The van der Waals surface area contributed by atoms with Crippen molar-refractivity contribution in [2.45, 2.75) is 17.3 Å². The molecule has 0 aliphatic rings. The van der Waals surface area contributed by atoms with Gasteiger partial charge in [-0.25, -0.2) is 22.2 Å². The van der Waals surface area contributed by atoms with Crippen LogP contribution in [0.25, 0.3) is 11.4 Å². The van der Waals surface area contributed by atoms with Crippen molar-refractivity contribution in [1.29, 1.82) is 0 Å². The number of carbonyl (C=O) groups is 1. The van der Waals surface area contributed by atoms with E-state index in [-0.39, 0.29) is 11.0 Å². The average Bonchev–Trinajstić information content (AvgIpc) is 3.03. The molecule has 28 heavy (non-hydrogen) atoms. The highest BCUT2D eigenvalue weighted by molar-refractivity contribution is 8.00. The van der Waals surface area contributed by atoms with Crippen LogP contribution in [0.4, 0.5) is 23.2 Å². The Hall–Kier alpha value is -3.08. The lowest BCUT2D eigenvalue weighted by molar-refractivity contribution is -0.115. The number of benzene rings is 2. The summed E-state index contributed by atoms with van der Waals surface area (Å²) in [5.41, 5.74) is 0.0294. The number of nitrogens with zero attached hydrogens (tertiary/aromatic N) is 3. The van der Waals surface area contributed by atoms with E-state index in [1.165, 1.54) is 31.2 Å². The molecule has 1 atom stereocenters. The molecule has 0 saturated carbocycles. The Morgan fingerprint density at radius 3 is 2.43 bits per heavy atom. The molecule has 0 unspecified atom stereocenters. The van der Waals surface area contributed by atoms with E-state index >= 15 is 0 Å². The van der Waals surface area contributed by atoms with Gasteiger partial charge in [-0.1, -0.05) is 11.8 Å². The summed E-state index contributed by atoms with van der Waals surface area (Å²) in [6.07, 6.45) is 0. The third kappa shape index (κ3) is 3.93. The van der Waals surface area contributed by atoms with Crippen LogP contribution in [0.1, 0.15) is 6.92 Å². The molecule has 146 valence electrons. The first-order valence-electron chi connectivity index (χ1n) is 7.85. The zero-order valence-corrected chi connectivity index (χ0v) is 15.1. The van der Waals surface area contributed by atoms with Gasteiger partial charge in [0.2, 0.25) is 11.1 Å². The van der Waals surface area contributed by atoms with E-state index in [1.807, 2.05) is 0 Å². The number of aromatic nitrogens is 3. The molecule has 0 saturated heterocycles. The van der Waals surface area contributed by atoms with Crippen molar-refractivity contribution < 1.29 is 22.4 Å². The lowest BCUT2D eigenvalue weighted by Gasteiger charge is -2.12. The van der Waals surface area contributed by atoms with Crippen LogP contribution in [-0.2, 0) is 4.79 Å². The van der Waals surface area contributed by atoms with E-state index < -0.39 is 40.1 Å². The molecule has 11 heteroatoms. The van der Waals surface area contributed by atoms with Crippen LogP contribution in [0.2, 0.25) is 0 Å². The number of carbonyl (C=O) groups excluding carboxylic acids is 1. The van der Waals surface area contributed by atoms with Crippen LogP contribution in [-0.4, -0.2) is 26.0 Å². The first-order chi connectivity index (χ1) is 13.3. The van der Waals surface area contributed by atoms with Gasteiger partial charge in [0.1, 0.15) is 5.82 Å². The fourth-order valence-corrected chi connectivity index (χ4v) is 2.99. The maximum Gasteiger partial charge on any atom is 0.237 e. The van der Waals surface area contributed by atoms with Gasteiger partial charge < -0.3 is 11.2 Å². The Bertz CT molecular complexity index is 1030. The summed E-state index contributed by atoms with van der Waals surface area (Å²) in [6.45, 7) is 1.49. The molecule has 0 fully saturated rings. The monoisotopic (exact) mass is 411 g/mol. The van der Waals surface area contributed by atoms with Gasteiger partial charge in [-0.3, -0.25) is 4.79 Å². The van der Waals surface area contributed by atoms with E-state index in [9.17, 15) is 22.4 Å². The summed E-state index contributed by atoms with van der Waals surface area (Å²) in [5.74, 6) is 0.551. The van der Waals surface area contributed by atoms with Gasteiger partial charge in [0.15, 0.2) is 23.3 Å². The number of hydrogen-bond donors (Lipinski definition) is 2. The van der Waals surface area contributed by atoms with E-state index in [0.717, 1.165) is 22.5 Å². The summed E-state index contributed by atoms with van der Waals surface area (Å²) < 4.78 is 54.1. The normalized spacial score (nSPS) is 12.0. The molecule has 3 aromatic rings. The highest BCUT2D eigenvalue weighted by atomic mass is 32.2. The van der Waals surface area contributed by atoms with Gasteiger partial charge in [0.05, 0.1) is 10.9 Å². The molecule has 3 N–H and O–H groups in total. The number of anilines is 1. The number of rotatable bonds is 5. The molecule has 0 spiro atoms. The SMILES string of the molecule is C[C@H](Sc1nnc(-c2ccc(F)cc2)n1N)C(=O)Nc1ccc(F)c(F)c1F. The number of amides is 1. The second-order valence-corrected chi connectivity index (χ2v) is 6.96. The first kappa shape index (κ1) is 19.7. The van der Waals surface area contributed by atoms with Crippen LogP contribution in [0, 0.1) is 23.3 Å². The minimum absolute atomic E-state index is 0.174. The minimum Gasteiger partial charge on any atom is -0.335 e. The van der Waals surface area contributed by atoms with Crippen molar-refractivity contribution in [3.05, 3.63) is 59.7 Å². The van der Waals surface area contributed by atoms with Gasteiger partial charge in [0, 0.05) is 5.56 Å². The van der Waals surface area contributed by atoms with Crippen molar-refractivity contribution in [2.75, 3.05) is 11.2 Å². The number of halogens is 4. The molecule has 1 amide bonds. The summed E-state index contributed by atoms with van der Waals surface area (Å²) in [7, 11) is 0.